The second-order valence-electron chi connectivity index (χ2n) is 4.93. The molecule has 22 heavy (non-hydrogen) atoms. The molecule has 2 aromatic carbocycles. The van der Waals surface area contributed by atoms with Crippen LogP contribution in [0.15, 0.2) is 36.4 Å². The Labute approximate surface area is 144 Å². The number of nitrogens with one attached hydrogen (secondary N) is 1. The summed E-state index contributed by atoms with van der Waals surface area (Å²) < 4.78 is 0. The molecular formula is C17H14Cl3NO. The zero-order valence-corrected chi connectivity index (χ0v) is 14.4. The summed E-state index contributed by atoms with van der Waals surface area (Å²) in [6.07, 6.45) is 3.04. The Morgan fingerprint density at radius 1 is 1.05 bits per heavy atom. The standard InChI is InChI=1S/C17H14Cl3NO/c1-10-7-11(2)17(15(20)8-10)21-16(22)6-4-12-3-5-13(18)9-14(12)19/h3-9H,1-2H3,(H,21,22)/b6-4+. The van der Waals surface area contributed by atoms with Gasteiger partial charge in [0.15, 0.2) is 0 Å². The number of carbonyl (C=O) groups excluding carboxylic acids is 1. The van der Waals surface area contributed by atoms with E-state index in [1.807, 2.05) is 26.0 Å². The van der Waals surface area contributed by atoms with E-state index in [0.29, 0.717) is 26.3 Å². The number of aryl methyl sites for hydroxylation is 2. The van der Waals surface area contributed by atoms with E-state index < -0.39 is 0 Å². The average molecular weight is 355 g/mol. The van der Waals surface area contributed by atoms with Gasteiger partial charge in [-0.1, -0.05) is 46.9 Å². The van der Waals surface area contributed by atoms with Crippen LogP contribution in [0.2, 0.25) is 15.1 Å². The van der Waals surface area contributed by atoms with Crippen LogP contribution in [0, 0.1) is 13.8 Å². The van der Waals surface area contributed by atoms with Gasteiger partial charge in [-0.05, 0) is 54.8 Å². The quantitative estimate of drug-likeness (QED) is 0.681. The number of hydrogen-bond acceptors (Lipinski definition) is 1. The number of rotatable bonds is 3. The lowest BCUT2D eigenvalue weighted by molar-refractivity contribution is -0.111. The molecule has 2 rings (SSSR count). The number of carbonyl (C=O) groups is 1. The van der Waals surface area contributed by atoms with Gasteiger partial charge in [0.25, 0.3) is 0 Å². The second-order valence-corrected chi connectivity index (χ2v) is 6.18. The molecule has 0 aliphatic rings. The van der Waals surface area contributed by atoms with Gasteiger partial charge in [0.1, 0.15) is 0 Å². The number of amides is 1. The van der Waals surface area contributed by atoms with Gasteiger partial charge in [0, 0.05) is 16.1 Å². The lowest BCUT2D eigenvalue weighted by Gasteiger charge is -2.10. The van der Waals surface area contributed by atoms with E-state index in [0.717, 1.165) is 11.1 Å². The molecule has 0 unspecified atom stereocenters. The molecule has 0 spiro atoms. The summed E-state index contributed by atoms with van der Waals surface area (Å²) in [5.74, 6) is -0.278. The molecule has 0 radical (unpaired) electrons. The number of hydrogen-bond donors (Lipinski definition) is 1. The number of benzene rings is 2. The van der Waals surface area contributed by atoms with Gasteiger partial charge in [-0.2, -0.15) is 0 Å². The summed E-state index contributed by atoms with van der Waals surface area (Å²) in [4.78, 5) is 12.0. The number of halogens is 3. The molecule has 0 saturated carbocycles. The Hall–Kier alpha value is -1.48. The summed E-state index contributed by atoms with van der Waals surface area (Å²) in [7, 11) is 0. The van der Waals surface area contributed by atoms with Gasteiger partial charge in [-0.15, -0.1) is 0 Å². The van der Waals surface area contributed by atoms with Crippen LogP contribution in [0.3, 0.4) is 0 Å². The van der Waals surface area contributed by atoms with Crippen molar-refractivity contribution in [3.05, 3.63) is 68.2 Å². The van der Waals surface area contributed by atoms with E-state index in [1.165, 1.54) is 6.08 Å². The first kappa shape index (κ1) is 16.9. The second kappa shape index (κ2) is 7.19. The van der Waals surface area contributed by atoms with Crippen LogP contribution >= 0.6 is 34.8 Å². The third-order valence-electron chi connectivity index (χ3n) is 3.06. The van der Waals surface area contributed by atoms with Crippen LogP contribution in [-0.2, 0) is 4.79 Å². The van der Waals surface area contributed by atoms with Crippen LogP contribution in [0.4, 0.5) is 5.69 Å². The smallest absolute Gasteiger partial charge is 0.248 e. The van der Waals surface area contributed by atoms with Gasteiger partial charge in [0.2, 0.25) is 5.91 Å². The topological polar surface area (TPSA) is 29.1 Å². The molecule has 0 bridgehead atoms. The Balaban J connectivity index is 2.15. The highest BCUT2D eigenvalue weighted by Gasteiger charge is 2.07. The Morgan fingerprint density at radius 2 is 1.77 bits per heavy atom. The molecule has 2 nitrogen and oxygen atoms in total. The first-order valence-corrected chi connectivity index (χ1v) is 7.71. The molecular weight excluding hydrogens is 341 g/mol. The molecule has 0 aliphatic heterocycles. The van der Waals surface area contributed by atoms with Crippen LogP contribution in [-0.4, -0.2) is 5.91 Å². The predicted octanol–water partition coefficient (Wildman–Crippen LogP) is 5.92. The van der Waals surface area contributed by atoms with Crippen LogP contribution in [0.5, 0.6) is 0 Å². The van der Waals surface area contributed by atoms with Crippen molar-refractivity contribution in [2.45, 2.75) is 13.8 Å². The monoisotopic (exact) mass is 353 g/mol. The Kier molecular flexibility index (Phi) is 5.52. The fraction of sp³-hybridized carbons (Fsp3) is 0.118. The van der Waals surface area contributed by atoms with Gasteiger partial charge >= 0.3 is 0 Å². The summed E-state index contributed by atoms with van der Waals surface area (Å²) in [5.41, 5.74) is 3.29. The largest absolute Gasteiger partial charge is 0.321 e. The van der Waals surface area contributed by atoms with E-state index in [1.54, 1.807) is 24.3 Å². The normalized spacial score (nSPS) is 11.0. The predicted molar refractivity (Wildman–Crippen MR) is 95.1 cm³/mol. The first-order valence-electron chi connectivity index (χ1n) is 6.57. The summed E-state index contributed by atoms with van der Waals surface area (Å²) in [6, 6.07) is 8.86. The minimum absolute atomic E-state index is 0.278. The van der Waals surface area contributed by atoms with E-state index >= 15 is 0 Å². The van der Waals surface area contributed by atoms with Gasteiger partial charge in [-0.25, -0.2) is 0 Å². The highest BCUT2D eigenvalue weighted by atomic mass is 35.5. The molecule has 0 saturated heterocycles. The summed E-state index contributed by atoms with van der Waals surface area (Å²) in [6.45, 7) is 3.85. The minimum Gasteiger partial charge on any atom is -0.321 e. The highest BCUT2D eigenvalue weighted by molar-refractivity contribution is 6.35. The van der Waals surface area contributed by atoms with Crippen molar-refractivity contribution < 1.29 is 4.79 Å². The highest BCUT2D eigenvalue weighted by Crippen LogP contribution is 2.27. The summed E-state index contributed by atoms with van der Waals surface area (Å²) >= 11 is 18.0. The van der Waals surface area contributed by atoms with E-state index in [4.69, 9.17) is 34.8 Å². The molecule has 2 aromatic rings. The number of anilines is 1. The van der Waals surface area contributed by atoms with Crippen molar-refractivity contribution in [1.82, 2.24) is 0 Å². The molecule has 0 aliphatic carbocycles. The third-order valence-corrected chi connectivity index (χ3v) is 3.92. The van der Waals surface area contributed by atoms with Crippen molar-refractivity contribution in [2.24, 2.45) is 0 Å². The zero-order valence-electron chi connectivity index (χ0n) is 12.1. The van der Waals surface area contributed by atoms with Gasteiger partial charge in [-0.3, -0.25) is 4.79 Å². The molecule has 1 N–H and O–H groups in total. The van der Waals surface area contributed by atoms with Crippen molar-refractivity contribution in [3.63, 3.8) is 0 Å². The molecule has 0 atom stereocenters. The maximum atomic E-state index is 12.0. The molecule has 0 aromatic heterocycles. The third kappa shape index (κ3) is 4.26. The van der Waals surface area contributed by atoms with Gasteiger partial charge in [0.05, 0.1) is 10.7 Å². The minimum atomic E-state index is -0.278. The molecule has 0 heterocycles. The first-order chi connectivity index (χ1) is 10.4. The molecule has 1 amide bonds. The average Bonchev–Trinajstić information content (AvgIpc) is 2.42. The van der Waals surface area contributed by atoms with Crippen LogP contribution in [0.25, 0.3) is 6.08 Å². The maximum Gasteiger partial charge on any atom is 0.248 e. The van der Waals surface area contributed by atoms with Crippen LogP contribution < -0.4 is 5.32 Å². The van der Waals surface area contributed by atoms with E-state index in [2.05, 4.69) is 5.32 Å². The Morgan fingerprint density at radius 3 is 2.41 bits per heavy atom. The molecule has 114 valence electrons. The van der Waals surface area contributed by atoms with E-state index in [-0.39, 0.29) is 5.91 Å². The van der Waals surface area contributed by atoms with Gasteiger partial charge < -0.3 is 5.32 Å². The van der Waals surface area contributed by atoms with Crippen molar-refractivity contribution in [1.29, 1.82) is 0 Å². The van der Waals surface area contributed by atoms with Crippen molar-refractivity contribution in [3.8, 4) is 0 Å². The Bertz CT molecular complexity index is 731. The molecule has 0 fully saturated rings. The molecule has 5 heteroatoms. The lowest BCUT2D eigenvalue weighted by atomic mass is 10.1. The maximum absolute atomic E-state index is 12.0. The lowest BCUT2D eigenvalue weighted by Crippen LogP contribution is -2.09. The van der Waals surface area contributed by atoms with Crippen molar-refractivity contribution >= 4 is 52.5 Å². The van der Waals surface area contributed by atoms with Crippen molar-refractivity contribution in [2.75, 3.05) is 5.32 Å². The summed E-state index contributed by atoms with van der Waals surface area (Å²) in [5, 5.41) is 4.33. The SMILES string of the molecule is Cc1cc(C)c(NC(=O)/C=C/c2ccc(Cl)cc2Cl)c(Cl)c1. The fourth-order valence-electron chi connectivity index (χ4n) is 2.04. The zero-order chi connectivity index (χ0) is 16.3. The fourth-order valence-corrected chi connectivity index (χ4v) is 2.88. The van der Waals surface area contributed by atoms with E-state index in [9.17, 15) is 4.79 Å². The van der Waals surface area contributed by atoms with Crippen LogP contribution in [0.1, 0.15) is 16.7 Å².